The number of nitrogens with zero attached hydrogens (tertiary/aromatic N) is 1. The fourth-order valence-electron chi connectivity index (χ4n) is 1.49. The molecular weight excluding hydrogens is 299 g/mol. The molecule has 1 aromatic carbocycles. The number of aromatic nitrogens is 1. The minimum absolute atomic E-state index is 0.330. The molecule has 0 aliphatic carbocycles. The molecule has 1 amide bonds. The van der Waals surface area contributed by atoms with E-state index in [2.05, 4.69) is 26.2 Å². The summed E-state index contributed by atoms with van der Waals surface area (Å²) < 4.78 is 13.8. The standard InChI is InChI=1S/C13H10BrFN2O/c1-8-10(15)5-2-6-11(8)17-13(18)9-4-3-7-16-12(9)14/h2-7H,1H3,(H,17,18). The zero-order valence-electron chi connectivity index (χ0n) is 9.58. The number of carbonyl (C=O) groups is 1. The van der Waals surface area contributed by atoms with E-state index in [1.54, 1.807) is 37.4 Å². The van der Waals surface area contributed by atoms with Gasteiger partial charge in [-0.2, -0.15) is 0 Å². The maximum absolute atomic E-state index is 13.3. The molecule has 5 heteroatoms. The topological polar surface area (TPSA) is 42.0 Å². The van der Waals surface area contributed by atoms with Crippen LogP contribution in [0.15, 0.2) is 41.1 Å². The fourth-order valence-corrected chi connectivity index (χ4v) is 1.92. The average Bonchev–Trinajstić information content (AvgIpc) is 2.35. The maximum atomic E-state index is 13.3. The van der Waals surface area contributed by atoms with Gasteiger partial charge in [-0.05, 0) is 47.1 Å². The van der Waals surface area contributed by atoms with Crippen LogP contribution in [0, 0.1) is 12.7 Å². The predicted octanol–water partition coefficient (Wildman–Crippen LogP) is 3.54. The number of anilines is 1. The van der Waals surface area contributed by atoms with Gasteiger partial charge in [0.1, 0.15) is 10.4 Å². The lowest BCUT2D eigenvalue weighted by atomic mass is 10.2. The van der Waals surface area contributed by atoms with Crippen LogP contribution >= 0.6 is 15.9 Å². The predicted molar refractivity (Wildman–Crippen MR) is 71.0 cm³/mol. The first kappa shape index (κ1) is 12.7. The number of hydrogen-bond donors (Lipinski definition) is 1. The summed E-state index contributed by atoms with van der Waals surface area (Å²) in [6, 6.07) is 7.86. The third-order valence-electron chi connectivity index (χ3n) is 2.52. The second-order valence-electron chi connectivity index (χ2n) is 3.71. The van der Waals surface area contributed by atoms with Crippen LogP contribution < -0.4 is 5.32 Å². The van der Waals surface area contributed by atoms with E-state index in [0.29, 0.717) is 21.4 Å². The maximum Gasteiger partial charge on any atom is 0.258 e. The molecule has 0 saturated heterocycles. The lowest BCUT2D eigenvalue weighted by Crippen LogP contribution is -2.14. The second kappa shape index (κ2) is 5.27. The van der Waals surface area contributed by atoms with Crippen LogP contribution in [0.25, 0.3) is 0 Å². The van der Waals surface area contributed by atoms with Crippen molar-refractivity contribution in [2.45, 2.75) is 6.92 Å². The molecule has 0 aliphatic rings. The molecule has 92 valence electrons. The number of carbonyl (C=O) groups excluding carboxylic acids is 1. The Bertz CT molecular complexity index is 601. The summed E-state index contributed by atoms with van der Waals surface area (Å²) in [6.07, 6.45) is 1.58. The number of pyridine rings is 1. The molecule has 0 bridgehead atoms. The molecule has 3 nitrogen and oxygen atoms in total. The lowest BCUT2D eigenvalue weighted by molar-refractivity contribution is 0.102. The molecule has 0 radical (unpaired) electrons. The molecule has 18 heavy (non-hydrogen) atoms. The molecule has 0 saturated carbocycles. The normalized spacial score (nSPS) is 10.2. The molecular formula is C13H10BrFN2O. The molecule has 0 spiro atoms. The third kappa shape index (κ3) is 2.56. The van der Waals surface area contributed by atoms with Gasteiger partial charge in [-0.3, -0.25) is 4.79 Å². The molecule has 1 N–H and O–H groups in total. The number of nitrogens with one attached hydrogen (secondary N) is 1. The second-order valence-corrected chi connectivity index (χ2v) is 4.46. The van der Waals surface area contributed by atoms with E-state index in [4.69, 9.17) is 0 Å². The van der Waals surface area contributed by atoms with Crippen LogP contribution in [0.2, 0.25) is 0 Å². The minimum Gasteiger partial charge on any atom is -0.322 e. The van der Waals surface area contributed by atoms with Crippen molar-refractivity contribution < 1.29 is 9.18 Å². The van der Waals surface area contributed by atoms with E-state index in [0.717, 1.165) is 0 Å². The van der Waals surface area contributed by atoms with Crippen molar-refractivity contribution in [3.8, 4) is 0 Å². The quantitative estimate of drug-likeness (QED) is 0.862. The summed E-state index contributed by atoms with van der Waals surface area (Å²) in [7, 11) is 0. The Kier molecular flexibility index (Phi) is 3.72. The monoisotopic (exact) mass is 308 g/mol. The summed E-state index contributed by atoms with van der Waals surface area (Å²) in [5.74, 6) is -0.679. The van der Waals surface area contributed by atoms with E-state index >= 15 is 0 Å². The number of hydrogen-bond acceptors (Lipinski definition) is 2. The van der Waals surface area contributed by atoms with Gasteiger partial charge < -0.3 is 5.32 Å². The van der Waals surface area contributed by atoms with Gasteiger partial charge in [0.25, 0.3) is 5.91 Å². The van der Waals surface area contributed by atoms with Crippen molar-refractivity contribution in [3.63, 3.8) is 0 Å². The Hall–Kier alpha value is -1.75. The Morgan fingerprint density at radius 3 is 2.83 bits per heavy atom. The molecule has 2 aromatic rings. The molecule has 0 aliphatic heterocycles. The highest BCUT2D eigenvalue weighted by Crippen LogP contribution is 2.20. The SMILES string of the molecule is Cc1c(F)cccc1NC(=O)c1cccnc1Br. The van der Waals surface area contributed by atoms with Crippen LogP contribution in [-0.4, -0.2) is 10.9 Å². The van der Waals surface area contributed by atoms with Gasteiger partial charge in [-0.1, -0.05) is 6.07 Å². The number of amides is 1. The van der Waals surface area contributed by atoms with Gasteiger partial charge in [0.2, 0.25) is 0 Å². The average molecular weight is 309 g/mol. The highest BCUT2D eigenvalue weighted by Gasteiger charge is 2.12. The number of halogens is 2. The Balaban J connectivity index is 2.27. The van der Waals surface area contributed by atoms with Gasteiger partial charge in [0.05, 0.1) is 5.56 Å². The molecule has 0 fully saturated rings. The number of benzene rings is 1. The van der Waals surface area contributed by atoms with Gasteiger partial charge in [0.15, 0.2) is 0 Å². The summed E-state index contributed by atoms with van der Waals surface area (Å²) in [6.45, 7) is 1.61. The van der Waals surface area contributed by atoms with Crippen molar-refractivity contribution >= 4 is 27.5 Å². The van der Waals surface area contributed by atoms with E-state index in [9.17, 15) is 9.18 Å². The van der Waals surface area contributed by atoms with E-state index in [1.807, 2.05) is 0 Å². The highest BCUT2D eigenvalue weighted by atomic mass is 79.9. The fraction of sp³-hybridized carbons (Fsp3) is 0.0769. The van der Waals surface area contributed by atoms with Crippen molar-refractivity contribution in [1.82, 2.24) is 4.98 Å². The largest absolute Gasteiger partial charge is 0.322 e. The summed E-state index contributed by atoms with van der Waals surface area (Å²) in [4.78, 5) is 16.0. The lowest BCUT2D eigenvalue weighted by Gasteiger charge is -2.09. The van der Waals surface area contributed by atoms with Crippen molar-refractivity contribution in [1.29, 1.82) is 0 Å². The summed E-state index contributed by atoms with van der Waals surface area (Å²) >= 11 is 3.20. The Morgan fingerprint density at radius 2 is 2.11 bits per heavy atom. The molecule has 2 rings (SSSR count). The third-order valence-corrected chi connectivity index (χ3v) is 3.15. The molecule has 1 heterocycles. The highest BCUT2D eigenvalue weighted by molar-refractivity contribution is 9.10. The van der Waals surface area contributed by atoms with E-state index in [-0.39, 0.29) is 11.7 Å². The molecule has 0 unspecified atom stereocenters. The van der Waals surface area contributed by atoms with E-state index in [1.165, 1.54) is 6.07 Å². The Morgan fingerprint density at radius 1 is 1.33 bits per heavy atom. The van der Waals surface area contributed by atoms with Gasteiger partial charge in [-0.25, -0.2) is 9.37 Å². The van der Waals surface area contributed by atoms with Crippen LogP contribution in [0.1, 0.15) is 15.9 Å². The first-order valence-electron chi connectivity index (χ1n) is 5.26. The van der Waals surface area contributed by atoms with Crippen LogP contribution in [0.3, 0.4) is 0 Å². The van der Waals surface area contributed by atoms with E-state index < -0.39 is 0 Å². The minimum atomic E-state index is -0.349. The molecule has 1 aromatic heterocycles. The summed E-state index contributed by atoms with van der Waals surface area (Å²) in [5.41, 5.74) is 1.27. The zero-order chi connectivity index (χ0) is 13.1. The smallest absolute Gasteiger partial charge is 0.258 e. The van der Waals surface area contributed by atoms with Gasteiger partial charge in [-0.15, -0.1) is 0 Å². The molecule has 0 atom stereocenters. The Labute approximate surface area is 112 Å². The van der Waals surface area contributed by atoms with Crippen molar-refractivity contribution in [2.75, 3.05) is 5.32 Å². The van der Waals surface area contributed by atoms with Crippen molar-refractivity contribution in [3.05, 3.63) is 58.1 Å². The summed E-state index contributed by atoms with van der Waals surface area (Å²) in [5, 5.41) is 2.66. The van der Waals surface area contributed by atoms with Gasteiger partial charge >= 0.3 is 0 Å². The van der Waals surface area contributed by atoms with Crippen molar-refractivity contribution in [2.24, 2.45) is 0 Å². The zero-order valence-corrected chi connectivity index (χ0v) is 11.2. The first-order chi connectivity index (χ1) is 8.59. The van der Waals surface area contributed by atoms with Gasteiger partial charge in [0, 0.05) is 17.4 Å². The number of rotatable bonds is 2. The first-order valence-corrected chi connectivity index (χ1v) is 6.06. The van der Waals surface area contributed by atoms with Crippen LogP contribution in [-0.2, 0) is 0 Å². The van der Waals surface area contributed by atoms with Crippen LogP contribution in [0.4, 0.5) is 10.1 Å². The van der Waals surface area contributed by atoms with Crippen LogP contribution in [0.5, 0.6) is 0 Å².